The van der Waals surface area contributed by atoms with Crippen LogP contribution in [0.15, 0.2) is 85.3 Å². The van der Waals surface area contributed by atoms with Crippen LogP contribution in [0.5, 0.6) is 0 Å². The third-order valence-corrected chi connectivity index (χ3v) is 5.88. The number of nitrogens with one attached hydrogen (secondary N) is 1. The van der Waals surface area contributed by atoms with Gasteiger partial charge in [0.1, 0.15) is 0 Å². The molecule has 4 rings (SSSR count). The molecule has 0 amide bonds. The largest absolute Gasteiger partial charge is 0.760 e. The molecule has 0 aliphatic carbocycles. The zero-order chi connectivity index (χ0) is 23.2. The molecule has 0 fully saturated rings. The average molecular weight is 482 g/mol. The van der Waals surface area contributed by atoms with Crippen LogP contribution in [-0.2, 0) is 17.8 Å². The number of hydrogen-bond donors (Lipinski definition) is 1. The van der Waals surface area contributed by atoms with Crippen LogP contribution in [0.2, 0.25) is 5.02 Å². The minimum absolute atomic E-state index is 0.0378. The Morgan fingerprint density at radius 2 is 1.76 bits per heavy atom. The summed E-state index contributed by atoms with van der Waals surface area (Å²) in [6.07, 6.45) is 4.76. The van der Waals surface area contributed by atoms with E-state index in [1.54, 1.807) is 54.9 Å². The van der Waals surface area contributed by atoms with Crippen molar-refractivity contribution < 1.29 is 13.2 Å². The Morgan fingerprint density at radius 3 is 2.45 bits per heavy atom. The average Bonchev–Trinajstić information content (AvgIpc) is 2.83. The van der Waals surface area contributed by atoms with Crippen LogP contribution in [0.1, 0.15) is 39.9 Å². The number of hydrogen-bond acceptors (Lipinski definition) is 5. The molecule has 3 atom stereocenters. The summed E-state index contributed by atoms with van der Waals surface area (Å²) in [5.74, 6) is -1.51. The van der Waals surface area contributed by atoms with Crippen molar-refractivity contribution in [3.63, 3.8) is 0 Å². The predicted octanol–water partition coefficient (Wildman–Crippen LogP) is 4.51. The van der Waals surface area contributed by atoms with Gasteiger partial charge in [-0.2, -0.15) is 4.39 Å². The zero-order valence-electron chi connectivity index (χ0n) is 17.3. The highest BCUT2D eigenvalue weighted by Gasteiger charge is 2.32. The lowest BCUT2D eigenvalue weighted by molar-refractivity contribution is 0.521. The first-order chi connectivity index (χ1) is 16.0. The number of halogens is 2. The second-order valence-corrected chi connectivity index (χ2v) is 8.48. The smallest absolute Gasteiger partial charge is 0.216 e. The Kier molecular flexibility index (Phi) is 7.51. The van der Waals surface area contributed by atoms with Gasteiger partial charge in [0.15, 0.2) is 0 Å². The van der Waals surface area contributed by atoms with Crippen LogP contribution in [-0.4, -0.2) is 23.7 Å². The molecule has 0 radical (unpaired) electrons. The highest BCUT2D eigenvalue weighted by molar-refractivity contribution is 7.77. The molecule has 33 heavy (non-hydrogen) atoms. The van der Waals surface area contributed by atoms with Crippen molar-refractivity contribution in [1.82, 2.24) is 19.7 Å². The van der Waals surface area contributed by atoms with Crippen molar-refractivity contribution in [2.45, 2.75) is 18.4 Å². The van der Waals surface area contributed by atoms with Gasteiger partial charge >= 0.3 is 0 Å². The molecule has 0 saturated heterocycles. The van der Waals surface area contributed by atoms with E-state index in [4.69, 9.17) is 16.6 Å². The van der Waals surface area contributed by atoms with Gasteiger partial charge < -0.3 is 4.55 Å². The van der Waals surface area contributed by atoms with Crippen LogP contribution < -0.4 is 4.72 Å². The fourth-order valence-corrected chi connectivity index (χ4v) is 4.24. The minimum Gasteiger partial charge on any atom is -0.760 e. The Morgan fingerprint density at radius 1 is 0.970 bits per heavy atom. The first kappa shape index (κ1) is 23.1. The Balaban J connectivity index is 1.91. The number of rotatable bonds is 8. The molecule has 3 aromatic heterocycles. The van der Waals surface area contributed by atoms with E-state index in [1.807, 2.05) is 24.3 Å². The number of aromatic nitrogens is 3. The van der Waals surface area contributed by atoms with Gasteiger partial charge in [-0.3, -0.25) is 14.2 Å². The van der Waals surface area contributed by atoms with Gasteiger partial charge in [-0.1, -0.05) is 41.9 Å². The molecule has 9 heteroatoms. The monoisotopic (exact) mass is 481 g/mol. The van der Waals surface area contributed by atoms with Crippen molar-refractivity contribution in [2.75, 3.05) is 0 Å². The van der Waals surface area contributed by atoms with Crippen LogP contribution >= 0.6 is 11.6 Å². The summed E-state index contributed by atoms with van der Waals surface area (Å²) in [6, 6.07) is 19.8. The Bertz CT molecular complexity index is 1240. The lowest BCUT2D eigenvalue weighted by Crippen LogP contribution is -2.20. The molecule has 0 spiro atoms. The first-order valence-corrected chi connectivity index (χ1v) is 11.5. The van der Waals surface area contributed by atoms with E-state index in [0.29, 0.717) is 22.0 Å². The first-order valence-electron chi connectivity index (χ1n) is 10.1. The molecule has 0 bridgehead atoms. The van der Waals surface area contributed by atoms with Crippen molar-refractivity contribution >= 4 is 22.9 Å². The SMILES string of the molecule is O=S([O-])NCc1cccc(C(c2ccc(Cl)cc2)C(c2cccnc2)c2cccnc2F)n1. The maximum atomic E-state index is 15.0. The number of benzene rings is 1. The zero-order valence-corrected chi connectivity index (χ0v) is 18.8. The lowest BCUT2D eigenvalue weighted by atomic mass is 9.76. The predicted molar refractivity (Wildman–Crippen MR) is 124 cm³/mol. The highest BCUT2D eigenvalue weighted by Crippen LogP contribution is 2.42. The Labute approximate surface area is 198 Å². The third kappa shape index (κ3) is 5.66. The topological polar surface area (TPSA) is 90.8 Å². The van der Waals surface area contributed by atoms with Crippen molar-refractivity contribution in [3.8, 4) is 0 Å². The molecule has 0 aliphatic rings. The van der Waals surface area contributed by atoms with Gasteiger partial charge in [0.2, 0.25) is 5.95 Å². The minimum atomic E-state index is -2.41. The van der Waals surface area contributed by atoms with E-state index in [9.17, 15) is 8.76 Å². The molecule has 1 N–H and O–H groups in total. The second kappa shape index (κ2) is 10.7. The maximum Gasteiger partial charge on any atom is 0.216 e. The summed E-state index contributed by atoms with van der Waals surface area (Å²) in [5, 5.41) is 0.576. The normalized spacial score (nSPS) is 13.9. The van der Waals surface area contributed by atoms with Gasteiger partial charge in [0.05, 0.1) is 5.69 Å². The molecule has 1 aromatic carbocycles. The molecule has 3 unspecified atom stereocenters. The second-order valence-electron chi connectivity index (χ2n) is 7.29. The van der Waals surface area contributed by atoms with E-state index in [1.165, 1.54) is 6.20 Å². The quantitative estimate of drug-likeness (QED) is 0.295. The van der Waals surface area contributed by atoms with Crippen molar-refractivity contribution in [3.05, 3.63) is 124 Å². The Hall–Kier alpha value is -3.04. The molecule has 6 nitrogen and oxygen atoms in total. The van der Waals surface area contributed by atoms with Crippen LogP contribution in [0.25, 0.3) is 0 Å². The summed E-state index contributed by atoms with van der Waals surface area (Å²) in [5.41, 5.74) is 3.23. The van der Waals surface area contributed by atoms with Gasteiger partial charge in [0.25, 0.3) is 0 Å². The van der Waals surface area contributed by atoms with E-state index in [0.717, 1.165) is 11.1 Å². The number of pyridine rings is 3. The lowest BCUT2D eigenvalue weighted by Gasteiger charge is -2.28. The van der Waals surface area contributed by atoms with Crippen molar-refractivity contribution in [2.24, 2.45) is 0 Å². The summed E-state index contributed by atoms with van der Waals surface area (Å²) in [4.78, 5) is 12.8. The highest BCUT2D eigenvalue weighted by atomic mass is 35.5. The molecule has 168 valence electrons. The summed E-state index contributed by atoms with van der Waals surface area (Å²) >= 11 is 3.72. The molecule has 0 aliphatic heterocycles. The van der Waals surface area contributed by atoms with E-state index in [-0.39, 0.29) is 6.54 Å². The fourth-order valence-electron chi connectivity index (χ4n) is 3.85. The molecule has 0 saturated carbocycles. The van der Waals surface area contributed by atoms with E-state index in [2.05, 4.69) is 14.7 Å². The maximum absolute atomic E-state index is 15.0. The van der Waals surface area contributed by atoms with Crippen molar-refractivity contribution in [1.29, 1.82) is 0 Å². The van der Waals surface area contributed by atoms with Gasteiger partial charge in [-0.25, -0.2) is 9.71 Å². The van der Waals surface area contributed by atoms with Crippen LogP contribution in [0, 0.1) is 5.95 Å². The standard InChI is InChI=1S/C24H20ClFN4O2S/c25-18-10-8-16(9-11-18)23(21-7-1-5-19(30-21)15-29-33(31)32)22(17-4-2-12-27-14-17)20-6-3-13-28-24(20)26/h1-14,22-23,29H,15H2,(H,31,32)/p-1. The molecule has 3 heterocycles. The van der Waals surface area contributed by atoms with Gasteiger partial charge in [-0.05, 0) is 47.5 Å². The van der Waals surface area contributed by atoms with Crippen LogP contribution in [0.3, 0.4) is 0 Å². The molecular weight excluding hydrogens is 463 g/mol. The fraction of sp³-hybridized carbons (Fsp3) is 0.125. The third-order valence-electron chi connectivity index (χ3n) is 5.25. The van der Waals surface area contributed by atoms with Gasteiger partial charge in [0, 0.05) is 64.5 Å². The van der Waals surface area contributed by atoms with Gasteiger partial charge in [-0.15, -0.1) is 0 Å². The number of nitrogens with zero attached hydrogens (tertiary/aromatic N) is 3. The van der Waals surface area contributed by atoms with E-state index < -0.39 is 29.0 Å². The summed E-state index contributed by atoms with van der Waals surface area (Å²) < 4.78 is 39.3. The molecule has 4 aromatic rings. The molecular formula is C24H19ClFN4O2S-. The summed E-state index contributed by atoms with van der Waals surface area (Å²) in [7, 11) is 0. The van der Waals surface area contributed by atoms with Crippen LogP contribution in [0.4, 0.5) is 4.39 Å². The summed E-state index contributed by atoms with van der Waals surface area (Å²) in [6.45, 7) is 0.0378. The van der Waals surface area contributed by atoms with E-state index >= 15 is 4.39 Å².